The number of hydrogen-bond donors (Lipinski definition) is 2. The van der Waals surface area contributed by atoms with Gasteiger partial charge in [0.25, 0.3) is 11.5 Å². The first-order valence-corrected chi connectivity index (χ1v) is 15.2. The molecule has 0 bridgehead atoms. The molecule has 1 aliphatic carbocycles. The van der Waals surface area contributed by atoms with Gasteiger partial charge in [0.05, 0.1) is 16.8 Å². The molecular weight excluding hydrogens is 524 g/mol. The first kappa shape index (κ1) is 26.8. The number of hydrogen-bond acceptors (Lipinski definition) is 9. The van der Waals surface area contributed by atoms with E-state index in [4.69, 9.17) is 0 Å². The van der Waals surface area contributed by atoms with Crippen molar-refractivity contribution in [2.45, 2.75) is 44.6 Å². The fourth-order valence-electron chi connectivity index (χ4n) is 5.85. The van der Waals surface area contributed by atoms with E-state index in [-0.39, 0.29) is 17.5 Å². The van der Waals surface area contributed by atoms with Crippen LogP contribution in [0.3, 0.4) is 0 Å². The smallest absolute Gasteiger partial charge is 0.290 e. The lowest BCUT2D eigenvalue weighted by molar-refractivity contribution is 0.0937. The first-order valence-electron chi connectivity index (χ1n) is 14.4. The second kappa shape index (κ2) is 11.6. The number of aromatic nitrogens is 3. The van der Waals surface area contributed by atoms with E-state index in [2.05, 4.69) is 54.6 Å². The fraction of sp³-hybridized carbons (Fsp3) is 0.517. The molecule has 5 heterocycles. The number of piperidine rings is 1. The van der Waals surface area contributed by atoms with Crippen molar-refractivity contribution in [3.05, 3.63) is 56.1 Å². The molecule has 2 saturated heterocycles. The Hall–Kier alpha value is -3.44. The number of pyridine rings is 1. The van der Waals surface area contributed by atoms with Gasteiger partial charge in [0.15, 0.2) is 5.82 Å². The second-order valence-corrected chi connectivity index (χ2v) is 12.3. The van der Waals surface area contributed by atoms with Crippen LogP contribution in [0.5, 0.6) is 0 Å². The monoisotopic (exact) mass is 562 g/mol. The maximum absolute atomic E-state index is 13.1. The summed E-state index contributed by atoms with van der Waals surface area (Å²) in [7, 11) is 3.81. The molecule has 0 radical (unpaired) electrons. The van der Waals surface area contributed by atoms with Gasteiger partial charge in [-0.1, -0.05) is 0 Å². The Morgan fingerprint density at radius 3 is 2.60 bits per heavy atom. The summed E-state index contributed by atoms with van der Waals surface area (Å²) < 4.78 is 1.37. The minimum Gasteiger partial charge on any atom is -0.368 e. The van der Waals surface area contributed by atoms with Gasteiger partial charge in [0.1, 0.15) is 11.5 Å². The van der Waals surface area contributed by atoms with E-state index in [1.54, 1.807) is 24.5 Å². The largest absolute Gasteiger partial charge is 0.368 e. The highest BCUT2D eigenvalue weighted by atomic mass is 32.1. The number of carbonyl (C=O) groups is 1. The van der Waals surface area contributed by atoms with Gasteiger partial charge in [0, 0.05) is 63.3 Å². The molecule has 0 aromatic carbocycles. The zero-order valence-corrected chi connectivity index (χ0v) is 24.2. The Morgan fingerprint density at radius 2 is 1.82 bits per heavy atom. The first-order chi connectivity index (χ1) is 19.4. The van der Waals surface area contributed by atoms with E-state index in [0.29, 0.717) is 23.9 Å². The number of likely N-dealkylation sites (N-methyl/N-ethyl adjacent to an activating group) is 1. The van der Waals surface area contributed by atoms with Crippen LogP contribution < -0.4 is 26.0 Å². The summed E-state index contributed by atoms with van der Waals surface area (Å²) in [5, 5.41) is 11.0. The fourth-order valence-corrected chi connectivity index (χ4v) is 7.01. The summed E-state index contributed by atoms with van der Waals surface area (Å²) in [5.41, 5.74) is 2.66. The van der Waals surface area contributed by atoms with Gasteiger partial charge in [-0.25, -0.2) is 9.67 Å². The van der Waals surface area contributed by atoms with Crippen molar-refractivity contribution in [2.75, 3.05) is 61.4 Å². The van der Waals surface area contributed by atoms with E-state index in [0.717, 1.165) is 69.0 Å². The highest BCUT2D eigenvalue weighted by Crippen LogP contribution is 2.30. The summed E-state index contributed by atoms with van der Waals surface area (Å²) in [4.78, 5) is 39.6. The van der Waals surface area contributed by atoms with Crippen LogP contribution in [-0.2, 0) is 19.9 Å². The molecule has 11 heteroatoms. The van der Waals surface area contributed by atoms with Gasteiger partial charge in [-0.05, 0) is 69.3 Å². The predicted molar refractivity (Wildman–Crippen MR) is 160 cm³/mol. The van der Waals surface area contributed by atoms with Gasteiger partial charge in [0.2, 0.25) is 0 Å². The third kappa shape index (κ3) is 5.85. The molecular formula is C29H38N8O2S. The summed E-state index contributed by atoms with van der Waals surface area (Å²) in [6.45, 7) is 5.50. The predicted octanol–water partition coefficient (Wildman–Crippen LogP) is 3.01. The van der Waals surface area contributed by atoms with E-state index >= 15 is 0 Å². The van der Waals surface area contributed by atoms with E-state index in [1.807, 2.05) is 12.3 Å². The normalized spacial score (nSPS) is 19.8. The maximum atomic E-state index is 13.1. The Kier molecular flexibility index (Phi) is 7.75. The van der Waals surface area contributed by atoms with Crippen LogP contribution in [0, 0.1) is 0 Å². The summed E-state index contributed by atoms with van der Waals surface area (Å²) in [5.74, 6) is 1.35. The molecule has 3 aliphatic rings. The number of carbonyl (C=O) groups excluding carboxylic acids is 1. The summed E-state index contributed by atoms with van der Waals surface area (Å²) in [6.07, 6.45) is 8.33. The Balaban J connectivity index is 1.12. The van der Waals surface area contributed by atoms with Gasteiger partial charge in [-0.15, -0.1) is 11.3 Å². The molecule has 0 spiro atoms. The number of nitrogens with zero attached hydrogens (tertiary/aromatic N) is 6. The zero-order valence-electron chi connectivity index (χ0n) is 23.4. The topological polar surface area (TPSA) is 98.6 Å². The number of nitrogens with one attached hydrogen (secondary N) is 2. The zero-order chi connectivity index (χ0) is 27.6. The average Bonchev–Trinajstić information content (AvgIpc) is 3.41. The second-order valence-electron chi connectivity index (χ2n) is 11.2. The number of rotatable bonds is 6. The van der Waals surface area contributed by atoms with Crippen molar-refractivity contribution in [1.82, 2.24) is 25.0 Å². The molecule has 1 unspecified atom stereocenters. The standard InChI is InChI=1S/C29H38N8O2S/c1-34-12-14-36(15-13-34)22-9-10-26(30-18-22)32-23-17-27(33-35(2)29(23)39)37-11-5-7-21(19-37)31-28(38)25-16-20-6-3-4-8-24(20)40-25/h9-10,16-18,21H,3-8,11-15,19H2,1-2H3,(H,30,32)(H,31,38). The molecule has 2 fully saturated rings. The quantitative estimate of drug-likeness (QED) is 0.473. The van der Waals surface area contributed by atoms with Gasteiger partial charge in [-0.2, -0.15) is 5.10 Å². The van der Waals surface area contributed by atoms with E-state index < -0.39 is 0 Å². The molecule has 212 valence electrons. The van der Waals surface area contributed by atoms with Gasteiger partial charge >= 0.3 is 0 Å². The van der Waals surface area contributed by atoms with Crippen LogP contribution in [0.1, 0.15) is 45.8 Å². The molecule has 3 aromatic rings. The molecule has 3 aromatic heterocycles. The number of aryl methyl sites for hydroxylation is 3. The highest BCUT2D eigenvalue weighted by molar-refractivity contribution is 7.14. The molecule has 1 amide bonds. The van der Waals surface area contributed by atoms with E-state index in [1.165, 1.54) is 28.0 Å². The Labute approximate surface area is 239 Å². The highest BCUT2D eigenvalue weighted by Gasteiger charge is 2.25. The third-order valence-electron chi connectivity index (χ3n) is 8.23. The molecule has 40 heavy (non-hydrogen) atoms. The lowest BCUT2D eigenvalue weighted by Gasteiger charge is -2.34. The van der Waals surface area contributed by atoms with Crippen LogP contribution in [0.15, 0.2) is 35.3 Å². The van der Waals surface area contributed by atoms with Gasteiger partial charge in [-0.3, -0.25) is 9.59 Å². The van der Waals surface area contributed by atoms with E-state index in [9.17, 15) is 9.59 Å². The maximum Gasteiger partial charge on any atom is 0.290 e. The van der Waals surface area contributed by atoms with Crippen LogP contribution in [0.4, 0.5) is 23.0 Å². The van der Waals surface area contributed by atoms with Crippen molar-refractivity contribution >= 4 is 40.3 Å². The molecule has 2 aliphatic heterocycles. The number of anilines is 4. The van der Waals surface area contributed by atoms with Crippen molar-refractivity contribution in [3.8, 4) is 0 Å². The molecule has 6 rings (SSSR count). The van der Waals surface area contributed by atoms with Gasteiger partial charge < -0.3 is 25.3 Å². The summed E-state index contributed by atoms with van der Waals surface area (Å²) in [6, 6.07) is 7.89. The third-order valence-corrected chi connectivity index (χ3v) is 9.47. The minimum atomic E-state index is -0.211. The van der Waals surface area contributed by atoms with Crippen LogP contribution >= 0.6 is 11.3 Å². The SMILES string of the molecule is CN1CCN(c2ccc(Nc3cc(N4CCCC(NC(=O)c5cc6c(s5)CCCC6)C4)nn(C)c3=O)nc2)CC1. The van der Waals surface area contributed by atoms with Crippen molar-refractivity contribution in [3.63, 3.8) is 0 Å². The van der Waals surface area contributed by atoms with Crippen LogP contribution in [0.25, 0.3) is 0 Å². The number of fused-ring (bicyclic) bond motifs is 1. The van der Waals surface area contributed by atoms with Crippen molar-refractivity contribution < 1.29 is 4.79 Å². The number of piperazine rings is 1. The molecule has 0 saturated carbocycles. The van der Waals surface area contributed by atoms with Crippen molar-refractivity contribution in [2.24, 2.45) is 7.05 Å². The van der Waals surface area contributed by atoms with Crippen LogP contribution in [0.2, 0.25) is 0 Å². The minimum absolute atomic E-state index is 0.0214. The molecule has 2 N–H and O–H groups in total. The lowest BCUT2D eigenvalue weighted by atomic mass is 9.99. The number of thiophene rings is 1. The average molecular weight is 563 g/mol. The van der Waals surface area contributed by atoms with Crippen LogP contribution in [-0.4, -0.2) is 77.9 Å². The van der Waals surface area contributed by atoms with Crippen molar-refractivity contribution in [1.29, 1.82) is 0 Å². The molecule has 1 atom stereocenters. The Morgan fingerprint density at radius 1 is 1.00 bits per heavy atom. The lowest BCUT2D eigenvalue weighted by Crippen LogP contribution is -2.48. The Bertz CT molecular complexity index is 1390. The molecule has 10 nitrogen and oxygen atoms in total. The summed E-state index contributed by atoms with van der Waals surface area (Å²) >= 11 is 1.65. The number of amides is 1.